The second kappa shape index (κ2) is 5.10. The van der Waals surface area contributed by atoms with Crippen LogP contribution in [0.4, 0.5) is 17.5 Å². The van der Waals surface area contributed by atoms with E-state index in [1.54, 1.807) is 0 Å². The molecular weight excluding hydrogens is 280 g/mol. The summed E-state index contributed by atoms with van der Waals surface area (Å²) in [6.45, 7) is 0. The quantitative estimate of drug-likeness (QED) is 0.762. The SMILES string of the molecule is Nc1nonc1-c1cc(C2CC2)nc(Nc2ccccc2)n1. The van der Waals surface area contributed by atoms with Crippen molar-refractivity contribution in [2.75, 3.05) is 11.1 Å². The summed E-state index contributed by atoms with van der Waals surface area (Å²) >= 11 is 0. The maximum absolute atomic E-state index is 5.77. The van der Waals surface area contributed by atoms with E-state index >= 15 is 0 Å². The average molecular weight is 294 g/mol. The molecule has 110 valence electrons. The first-order chi connectivity index (χ1) is 10.8. The normalized spacial score (nSPS) is 14.0. The Morgan fingerprint density at radius 1 is 1.09 bits per heavy atom. The van der Waals surface area contributed by atoms with Crippen molar-refractivity contribution in [1.82, 2.24) is 20.3 Å². The van der Waals surface area contributed by atoms with Gasteiger partial charge in [-0.15, -0.1) is 0 Å². The molecule has 0 unspecified atom stereocenters. The molecular formula is C15H14N6O. The predicted octanol–water partition coefficient (Wildman–Crippen LogP) is 2.73. The van der Waals surface area contributed by atoms with Crippen LogP contribution in [0, 0.1) is 0 Å². The van der Waals surface area contributed by atoms with Gasteiger partial charge in [0.05, 0.1) is 0 Å². The molecule has 3 aromatic rings. The summed E-state index contributed by atoms with van der Waals surface area (Å²) < 4.78 is 4.67. The van der Waals surface area contributed by atoms with Crippen LogP contribution in [0.2, 0.25) is 0 Å². The molecule has 0 spiro atoms. The van der Waals surface area contributed by atoms with Crippen LogP contribution in [-0.4, -0.2) is 20.3 Å². The van der Waals surface area contributed by atoms with E-state index in [-0.39, 0.29) is 5.82 Å². The van der Waals surface area contributed by atoms with E-state index in [2.05, 4.69) is 30.2 Å². The van der Waals surface area contributed by atoms with Crippen molar-refractivity contribution >= 4 is 17.5 Å². The average Bonchev–Trinajstić information content (AvgIpc) is 3.30. The van der Waals surface area contributed by atoms with Gasteiger partial charge < -0.3 is 11.1 Å². The van der Waals surface area contributed by atoms with Gasteiger partial charge in [-0.25, -0.2) is 14.6 Å². The molecule has 1 aromatic carbocycles. The van der Waals surface area contributed by atoms with Crippen LogP contribution in [0.15, 0.2) is 41.0 Å². The number of nitrogens with two attached hydrogens (primary N) is 1. The first kappa shape index (κ1) is 12.8. The number of nitrogens with zero attached hydrogens (tertiary/aromatic N) is 4. The zero-order chi connectivity index (χ0) is 14.9. The molecule has 7 nitrogen and oxygen atoms in total. The largest absolute Gasteiger partial charge is 0.379 e. The summed E-state index contributed by atoms with van der Waals surface area (Å²) in [6, 6.07) is 11.7. The zero-order valence-corrected chi connectivity index (χ0v) is 11.7. The molecule has 3 N–H and O–H groups in total. The number of rotatable bonds is 4. The number of aromatic nitrogens is 4. The maximum Gasteiger partial charge on any atom is 0.228 e. The highest BCUT2D eigenvalue weighted by atomic mass is 16.6. The second-order valence-electron chi connectivity index (χ2n) is 5.27. The van der Waals surface area contributed by atoms with E-state index in [1.165, 1.54) is 0 Å². The van der Waals surface area contributed by atoms with Crippen LogP contribution in [0.25, 0.3) is 11.4 Å². The van der Waals surface area contributed by atoms with E-state index in [0.29, 0.717) is 23.3 Å². The minimum Gasteiger partial charge on any atom is -0.379 e. The molecule has 1 saturated carbocycles. The standard InChI is InChI=1S/C15H14N6O/c16-14-13(20-22-21-14)12-8-11(9-6-7-9)18-15(19-12)17-10-4-2-1-3-5-10/h1-5,8-9H,6-7H2,(H2,16,21)(H,17,18,19). The summed E-state index contributed by atoms with van der Waals surface area (Å²) in [5, 5.41) is 10.6. The highest BCUT2D eigenvalue weighted by molar-refractivity contribution is 5.67. The minimum absolute atomic E-state index is 0.228. The molecule has 2 heterocycles. The lowest BCUT2D eigenvalue weighted by Gasteiger charge is -2.08. The fraction of sp³-hybridized carbons (Fsp3) is 0.200. The van der Waals surface area contributed by atoms with Gasteiger partial charge in [0.1, 0.15) is 5.69 Å². The number of hydrogen-bond donors (Lipinski definition) is 2. The van der Waals surface area contributed by atoms with Crippen LogP contribution in [-0.2, 0) is 0 Å². The van der Waals surface area contributed by atoms with E-state index in [9.17, 15) is 0 Å². The van der Waals surface area contributed by atoms with E-state index in [4.69, 9.17) is 5.73 Å². The third-order valence-corrected chi connectivity index (χ3v) is 3.53. The van der Waals surface area contributed by atoms with E-state index < -0.39 is 0 Å². The van der Waals surface area contributed by atoms with Crippen molar-refractivity contribution in [2.45, 2.75) is 18.8 Å². The molecule has 4 rings (SSSR count). The first-order valence-electron chi connectivity index (χ1n) is 7.09. The smallest absolute Gasteiger partial charge is 0.228 e. The molecule has 0 saturated heterocycles. The minimum atomic E-state index is 0.228. The summed E-state index contributed by atoms with van der Waals surface area (Å²) in [5.41, 5.74) is 8.75. The number of para-hydroxylation sites is 1. The van der Waals surface area contributed by atoms with E-state index in [1.807, 2.05) is 36.4 Å². The van der Waals surface area contributed by atoms with Gasteiger partial charge in [-0.05, 0) is 41.4 Å². The Balaban J connectivity index is 1.74. The highest BCUT2D eigenvalue weighted by Gasteiger charge is 2.27. The van der Waals surface area contributed by atoms with Gasteiger partial charge in [0.2, 0.25) is 5.95 Å². The number of hydrogen-bond acceptors (Lipinski definition) is 7. The molecule has 1 aliphatic carbocycles. The van der Waals surface area contributed by atoms with Gasteiger partial charge in [0.15, 0.2) is 11.5 Å². The first-order valence-corrected chi connectivity index (χ1v) is 7.09. The number of benzene rings is 1. The van der Waals surface area contributed by atoms with Gasteiger partial charge in [-0.1, -0.05) is 18.2 Å². The third kappa shape index (κ3) is 2.48. The summed E-state index contributed by atoms with van der Waals surface area (Å²) in [6.07, 6.45) is 2.29. The van der Waals surface area contributed by atoms with Crippen molar-refractivity contribution in [3.63, 3.8) is 0 Å². The predicted molar refractivity (Wildman–Crippen MR) is 81.4 cm³/mol. The topological polar surface area (TPSA) is 103 Å². The molecule has 2 aromatic heterocycles. The van der Waals surface area contributed by atoms with Gasteiger partial charge in [0.25, 0.3) is 0 Å². The molecule has 1 aliphatic rings. The lowest BCUT2D eigenvalue weighted by atomic mass is 10.2. The van der Waals surface area contributed by atoms with Crippen molar-refractivity contribution in [1.29, 1.82) is 0 Å². The number of anilines is 3. The monoisotopic (exact) mass is 294 g/mol. The molecule has 1 fully saturated rings. The summed E-state index contributed by atoms with van der Waals surface area (Å²) in [7, 11) is 0. The molecule has 22 heavy (non-hydrogen) atoms. The van der Waals surface area contributed by atoms with Crippen LogP contribution in [0.3, 0.4) is 0 Å². The lowest BCUT2D eigenvalue weighted by molar-refractivity contribution is 0.310. The van der Waals surface area contributed by atoms with Crippen LogP contribution < -0.4 is 11.1 Å². The Bertz CT molecular complexity index is 797. The van der Waals surface area contributed by atoms with Crippen molar-refractivity contribution < 1.29 is 4.63 Å². The Kier molecular flexibility index (Phi) is 2.96. The molecule has 0 amide bonds. The molecule has 0 atom stereocenters. The van der Waals surface area contributed by atoms with Crippen molar-refractivity contribution in [3.05, 3.63) is 42.1 Å². The molecule has 0 radical (unpaired) electrons. The number of nitrogens with one attached hydrogen (secondary N) is 1. The van der Waals surface area contributed by atoms with E-state index in [0.717, 1.165) is 24.2 Å². The fourth-order valence-corrected chi connectivity index (χ4v) is 2.26. The summed E-state index contributed by atoms with van der Waals surface area (Å²) in [5.74, 6) is 1.23. The molecule has 0 aliphatic heterocycles. The van der Waals surface area contributed by atoms with Crippen LogP contribution >= 0.6 is 0 Å². The third-order valence-electron chi connectivity index (χ3n) is 3.53. The Morgan fingerprint density at radius 3 is 2.59 bits per heavy atom. The van der Waals surface area contributed by atoms with Gasteiger partial charge in [-0.3, -0.25) is 0 Å². The van der Waals surface area contributed by atoms with Gasteiger partial charge >= 0.3 is 0 Å². The lowest BCUT2D eigenvalue weighted by Crippen LogP contribution is -2.02. The van der Waals surface area contributed by atoms with Crippen molar-refractivity contribution in [3.8, 4) is 11.4 Å². The Morgan fingerprint density at radius 2 is 1.91 bits per heavy atom. The maximum atomic E-state index is 5.77. The number of nitrogen functional groups attached to an aromatic ring is 1. The fourth-order valence-electron chi connectivity index (χ4n) is 2.26. The molecule has 7 heteroatoms. The Hall–Kier alpha value is -2.96. The molecule has 0 bridgehead atoms. The second-order valence-corrected chi connectivity index (χ2v) is 5.27. The Labute approximate surface area is 126 Å². The summed E-state index contributed by atoms with van der Waals surface area (Å²) in [4.78, 5) is 9.07. The van der Waals surface area contributed by atoms with Crippen molar-refractivity contribution in [2.24, 2.45) is 0 Å². The van der Waals surface area contributed by atoms with Crippen LogP contribution in [0.1, 0.15) is 24.5 Å². The van der Waals surface area contributed by atoms with Crippen LogP contribution in [0.5, 0.6) is 0 Å². The highest BCUT2D eigenvalue weighted by Crippen LogP contribution is 2.40. The van der Waals surface area contributed by atoms with Gasteiger partial charge in [0, 0.05) is 17.3 Å². The van der Waals surface area contributed by atoms with Gasteiger partial charge in [-0.2, -0.15) is 0 Å². The zero-order valence-electron chi connectivity index (χ0n) is 11.7.